The van der Waals surface area contributed by atoms with Crippen molar-refractivity contribution in [1.82, 2.24) is 4.98 Å². The smallest absolute Gasteiger partial charge is 0.290 e. The lowest BCUT2D eigenvalue weighted by Gasteiger charge is -1.99. The second-order valence-electron chi connectivity index (χ2n) is 2.23. The monoisotopic (exact) mass is 153 g/mol. The van der Waals surface area contributed by atoms with Crippen LogP contribution in [0.25, 0.3) is 0 Å². The van der Waals surface area contributed by atoms with Crippen LogP contribution in [0.4, 0.5) is 0 Å². The van der Waals surface area contributed by atoms with Gasteiger partial charge in [-0.3, -0.25) is 4.79 Å². The first kappa shape index (κ1) is 7.85. The molecule has 60 valence electrons. The maximum absolute atomic E-state index is 11.0. The van der Waals surface area contributed by atoms with Gasteiger partial charge in [-0.2, -0.15) is 0 Å². The maximum Gasteiger partial charge on any atom is 0.290 e. The molecule has 1 heterocycles. The SMILES string of the molecule is CCc1ccc(OC)c(=O)[nH]1. The zero-order valence-electron chi connectivity index (χ0n) is 6.68. The van der Waals surface area contributed by atoms with Crippen LogP contribution >= 0.6 is 0 Å². The Labute approximate surface area is 65.0 Å². The highest BCUT2D eigenvalue weighted by molar-refractivity contribution is 5.19. The summed E-state index contributed by atoms with van der Waals surface area (Å²) in [5.74, 6) is 0.363. The van der Waals surface area contributed by atoms with Gasteiger partial charge in [0.15, 0.2) is 5.75 Å². The first-order valence-corrected chi connectivity index (χ1v) is 3.54. The number of methoxy groups -OCH3 is 1. The van der Waals surface area contributed by atoms with Crippen LogP contribution in [0.5, 0.6) is 5.75 Å². The minimum absolute atomic E-state index is 0.160. The molecule has 0 atom stereocenters. The number of H-pyrrole nitrogens is 1. The third kappa shape index (κ3) is 1.61. The molecule has 0 fully saturated rings. The third-order valence-electron chi connectivity index (χ3n) is 1.53. The summed E-state index contributed by atoms with van der Waals surface area (Å²) in [6, 6.07) is 3.53. The zero-order chi connectivity index (χ0) is 8.27. The molecule has 0 unspecified atom stereocenters. The van der Waals surface area contributed by atoms with Crippen LogP contribution in [-0.4, -0.2) is 12.1 Å². The van der Waals surface area contributed by atoms with Crippen LogP contribution in [0.1, 0.15) is 12.6 Å². The summed E-state index contributed by atoms with van der Waals surface area (Å²) in [6.45, 7) is 1.98. The quantitative estimate of drug-likeness (QED) is 0.687. The molecule has 0 amide bonds. The Morgan fingerprint density at radius 1 is 1.55 bits per heavy atom. The van der Waals surface area contributed by atoms with E-state index >= 15 is 0 Å². The summed E-state index contributed by atoms with van der Waals surface area (Å²) in [5, 5.41) is 0. The van der Waals surface area contributed by atoms with E-state index in [9.17, 15) is 4.79 Å². The van der Waals surface area contributed by atoms with E-state index in [0.29, 0.717) is 5.75 Å². The summed E-state index contributed by atoms with van der Waals surface area (Å²) in [7, 11) is 1.48. The van der Waals surface area contributed by atoms with Crippen molar-refractivity contribution >= 4 is 0 Å². The van der Waals surface area contributed by atoms with E-state index in [1.54, 1.807) is 6.07 Å². The molecule has 3 nitrogen and oxygen atoms in total. The molecule has 3 heteroatoms. The Morgan fingerprint density at radius 3 is 2.73 bits per heavy atom. The highest BCUT2D eigenvalue weighted by atomic mass is 16.5. The summed E-state index contributed by atoms with van der Waals surface area (Å²) in [4.78, 5) is 13.7. The lowest BCUT2D eigenvalue weighted by Crippen LogP contribution is -2.10. The number of hydrogen-bond donors (Lipinski definition) is 1. The summed E-state index contributed by atoms with van der Waals surface area (Å²) >= 11 is 0. The van der Waals surface area contributed by atoms with E-state index in [4.69, 9.17) is 4.74 Å². The minimum Gasteiger partial charge on any atom is -0.491 e. The van der Waals surface area contributed by atoms with Crippen LogP contribution in [0, 0.1) is 0 Å². The number of ether oxygens (including phenoxy) is 1. The number of aryl methyl sites for hydroxylation is 1. The van der Waals surface area contributed by atoms with Crippen LogP contribution in [0.15, 0.2) is 16.9 Å². The van der Waals surface area contributed by atoms with Crippen LogP contribution in [-0.2, 0) is 6.42 Å². The molecule has 0 saturated carbocycles. The second-order valence-corrected chi connectivity index (χ2v) is 2.23. The average molecular weight is 153 g/mol. The van der Waals surface area contributed by atoms with Gasteiger partial charge in [0.2, 0.25) is 0 Å². The number of aromatic nitrogens is 1. The standard InChI is InChI=1S/C8H11NO2/c1-3-6-4-5-7(11-2)8(10)9-6/h4-5H,3H2,1-2H3,(H,9,10). The van der Waals surface area contributed by atoms with E-state index in [0.717, 1.165) is 12.1 Å². The van der Waals surface area contributed by atoms with Gasteiger partial charge < -0.3 is 9.72 Å². The molecule has 0 aliphatic heterocycles. The summed E-state index contributed by atoms with van der Waals surface area (Å²) in [6.07, 6.45) is 0.833. The normalized spacial score (nSPS) is 9.64. The molecule has 11 heavy (non-hydrogen) atoms. The highest BCUT2D eigenvalue weighted by Crippen LogP contribution is 2.01. The summed E-state index contributed by atoms with van der Waals surface area (Å²) < 4.78 is 4.80. The van der Waals surface area contributed by atoms with Gasteiger partial charge >= 0.3 is 0 Å². The van der Waals surface area contributed by atoms with Gasteiger partial charge in [0.1, 0.15) is 0 Å². The van der Waals surface area contributed by atoms with Crippen molar-refractivity contribution in [3.63, 3.8) is 0 Å². The number of hydrogen-bond acceptors (Lipinski definition) is 2. The number of aromatic amines is 1. The fourth-order valence-electron chi connectivity index (χ4n) is 0.868. The second kappa shape index (κ2) is 3.23. The van der Waals surface area contributed by atoms with Crippen molar-refractivity contribution in [3.05, 3.63) is 28.2 Å². The van der Waals surface area contributed by atoms with E-state index in [2.05, 4.69) is 4.98 Å². The molecule has 0 spiro atoms. The largest absolute Gasteiger partial charge is 0.491 e. The van der Waals surface area contributed by atoms with E-state index in [-0.39, 0.29) is 5.56 Å². The molecule has 0 radical (unpaired) electrons. The van der Waals surface area contributed by atoms with Crippen LogP contribution in [0.2, 0.25) is 0 Å². The maximum atomic E-state index is 11.0. The average Bonchev–Trinajstić information content (AvgIpc) is 2.04. The van der Waals surface area contributed by atoms with E-state index in [1.807, 2.05) is 13.0 Å². The molecule has 0 bridgehead atoms. The Hall–Kier alpha value is -1.25. The molecule has 0 aliphatic rings. The fraction of sp³-hybridized carbons (Fsp3) is 0.375. The van der Waals surface area contributed by atoms with Crippen molar-refractivity contribution in [2.24, 2.45) is 0 Å². The van der Waals surface area contributed by atoms with Crippen LogP contribution < -0.4 is 10.3 Å². The first-order chi connectivity index (χ1) is 5.27. The van der Waals surface area contributed by atoms with Gasteiger partial charge in [-0.1, -0.05) is 6.92 Å². The van der Waals surface area contributed by atoms with Gasteiger partial charge in [0, 0.05) is 5.69 Å². The molecular formula is C8H11NO2. The van der Waals surface area contributed by atoms with Gasteiger partial charge in [0.05, 0.1) is 7.11 Å². The molecule has 1 N–H and O–H groups in total. The fourth-order valence-corrected chi connectivity index (χ4v) is 0.868. The van der Waals surface area contributed by atoms with E-state index in [1.165, 1.54) is 7.11 Å². The number of pyridine rings is 1. The minimum atomic E-state index is -0.160. The van der Waals surface area contributed by atoms with Gasteiger partial charge in [-0.15, -0.1) is 0 Å². The Bertz CT molecular complexity index is 290. The third-order valence-corrected chi connectivity index (χ3v) is 1.53. The molecule has 1 aromatic heterocycles. The van der Waals surface area contributed by atoms with E-state index < -0.39 is 0 Å². The first-order valence-electron chi connectivity index (χ1n) is 3.54. The topological polar surface area (TPSA) is 42.1 Å². The van der Waals surface area contributed by atoms with Crippen LogP contribution in [0.3, 0.4) is 0 Å². The van der Waals surface area contributed by atoms with Crippen molar-refractivity contribution in [3.8, 4) is 5.75 Å². The Balaban J connectivity index is 3.10. The molecule has 0 aliphatic carbocycles. The molecule has 0 saturated heterocycles. The Kier molecular flexibility index (Phi) is 2.31. The lowest BCUT2D eigenvalue weighted by atomic mass is 10.3. The summed E-state index contributed by atoms with van der Waals surface area (Å²) in [5.41, 5.74) is 0.766. The zero-order valence-corrected chi connectivity index (χ0v) is 6.68. The van der Waals surface area contributed by atoms with Gasteiger partial charge in [-0.25, -0.2) is 0 Å². The Morgan fingerprint density at radius 2 is 2.27 bits per heavy atom. The predicted octanol–water partition coefficient (Wildman–Crippen LogP) is 0.946. The van der Waals surface area contributed by atoms with Gasteiger partial charge in [0.25, 0.3) is 5.56 Å². The van der Waals surface area contributed by atoms with Crippen molar-refractivity contribution < 1.29 is 4.74 Å². The number of rotatable bonds is 2. The molecule has 1 aromatic rings. The van der Waals surface area contributed by atoms with Crippen molar-refractivity contribution in [2.45, 2.75) is 13.3 Å². The predicted molar refractivity (Wildman–Crippen MR) is 43.0 cm³/mol. The molecule has 0 aromatic carbocycles. The molecule has 1 rings (SSSR count). The molecular weight excluding hydrogens is 142 g/mol. The van der Waals surface area contributed by atoms with Gasteiger partial charge in [-0.05, 0) is 18.6 Å². The lowest BCUT2D eigenvalue weighted by molar-refractivity contribution is 0.408. The highest BCUT2D eigenvalue weighted by Gasteiger charge is 1.97. The van der Waals surface area contributed by atoms with Crippen molar-refractivity contribution in [1.29, 1.82) is 0 Å². The number of nitrogens with one attached hydrogen (secondary N) is 1. The van der Waals surface area contributed by atoms with Crippen molar-refractivity contribution in [2.75, 3.05) is 7.11 Å².